The topological polar surface area (TPSA) is 124 Å². The summed E-state index contributed by atoms with van der Waals surface area (Å²) in [6, 6.07) is 8.58. The predicted octanol–water partition coefficient (Wildman–Crippen LogP) is 2.83. The fraction of sp³-hybridized carbons (Fsp3) is 0.474. The number of esters is 1. The SMILES string of the molecule is COC(=O)C(OC=O)(OC(=O)OCc1ccccc1)OC(=O)OC1CCCCC1. The lowest BCUT2D eigenvalue weighted by atomic mass is 9.98. The molecule has 2 rings (SSSR count). The number of hydrogen-bond acceptors (Lipinski definition) is 10. The first-order valence-corrected chi connectivity index (χ1v) is 8.98. The van der Waals surface area contributed by atoms with Crippen molar-refractivity contribution >= 4 is 24.8 Å². The van der Waals surface area contributed by atoms with Crippen LogP contribution in [0, 0.1) is 0 Å². The second kappa shape index (κ2) is 10.9. The Kier molecular flexibility index (Phi) is 8.26. The van der Waals surface area contributed by atoms with E-state index in [0.29, 0.717) is 18.4 Å². The van der Waals surface area contributed by atoms with Gasteiger partial charge in [0.05, 0.1) is 7.11 Å². The number of benzene rings is 1. The number of carbonyl (C=O) groups is 4. The van der Waals surface area contributed by atoms with E-state index < -0.39 is 30.4 Å². The van der Waals surface area contributed by atoms with Crippen LogP contribution in [0.3, 0.4) is 0 Å². The molecule has 0 aliphatic heterocycles. The van der Waals surface area contributed by atoms with Crippen molar-refractivity contribution in [2.75, 3.05) is 7.11 Å². The minimum atomic E-state index is -3.13. The maximum Gasteiger partial charge on any atom is 0.534 e. The van der Waals surface area contributed by atoms with E-state index in [2.05, 4.69) is 9.47 Å². The van der Waals surface area contributed by atoms with Gasteiger partial charge in [0.15, 0.2) is 0 Å². The van der Waals surface area contributed by atoms with Gasteiger partial charge < -0.3 is 28.4 Å². The fourth-order valence-electron chi connectivity index (χ4n) is 2.70. The van der Waals surface area contributed by atoms with E-state index >= 15 is 0 Å². The molecule has 0 spiro atoms. The largest absolute Gasteiger partial charge is 0.534 e. The normalized spacial score (nSPS) is 15.9. The molecule has 1 unspecified atom stereocenters. The maximum absolute atomic E-state index is 12.1. The number of hydrogen-bond donors (Lipinski definition) is 0. The number of methoxy groups -OCH3 is 1. The maximum atomic E-state index is 12.1. The minimum Gasteiger partial charge on any atom is -0.460 e. The summed E-state index contributed by atoms with van der Waals surface area (Å²) in [5.41, 5.74) is 0.627. The van der Waals surface area contributed by atoms with Crippen molar-refractivity contribution in [1.82, 2.24) is 0 Å². The number of ether oxygens (including phenoxy) is 6. The summed E-state index contributed by atoms with van der Waals surface area (Å²) in [6.45, 7) is -0.445. The second-order valence-electron chi connectivity index (χ2n) is 6.12. The summed E-state index contributed by atoms with van der Waals surface area (Å²) in [4.78, 5) is 47.1. The van der Waals surface area contributed by atoms with Gasteiger partial charge in [-0.2, -0.15) is 0 Å². The highest BCUT2D eigenvalue weighted by Gasteiger charge is 2.54. The van der Waals surface area contributed by atoms with Crippen LogP contribution in [0.2, 0.25) is 0 Å². The van der Waals surface area contributed by atoms with E-state index in [9.17, 15) is 19.2 Å². The van der Waals surface area contributed by atoms with Gasteiger partial charge in [0.25, 0.3) is 6.47 Å². The molecule has 1 fully saturated rings. The fourth-order valence-corrected chi connectivity index (χ4v) is 2.70. The smallest absolute Gasteiger partial charge is 0.460 e. The molecule has 0 N–H and O–H groups in total. The summed E-state index contributed by atoms with van der Waals surface area (Å²) in [5, 5.41) is 0. The molecule has 158 valence electrons. The van der Waals surface area contributed by atoms with Crippen LogP contribution in [0.25, 0.3) is 0 Å². The summed E-state index contributed by atoms with van der Waals surface area (Å²) in [6.07, 6.45) is 0.773. The highest BCUT2D eigenvalue weighted by Crippen LogP contribution is 2.24. The third-order valence-corrected chi connectivity index (χ3v) is 4.09. The number of rotatable bonds is 8. The Morgan fingerprint density at radius 1 is 1.03 bits per heavy atom. The third-order valence-electron chi connectivity index (χ3n) is 4.09. The Hall–Kier alpha value is -3.30. The van der Waals surface area contributed by atoms with Crippen LogP contribution in [-0.2, 0) is 44.6 Å². The molecule has 0 saturated heterocycles. The summed E-state index contributed by atoms with van der Waals surface area (Å²) in [7, 11) is 0.916. The molecular weight excluding hydrogens is 388 g/mol. The van der Waals surface area contributed by atoms with E-state index in [-0.39, 0.29) is 13.1 Å². The highest BCUT2D eigenvalue weighted by molar-refractivity contribution is 5.82. The van der Waals surface area contributed by atoms with Crippen LogP contribution >= 0.6 is 0 Å². The van der Waals surface area contributed by atoms with Crippen molar-refractivity contribution < 1.29 is 47.6 Å². The Labute approximate surface area is 166 Å². The average molecular weight is 410 g/mol. The van der Waals surface area contributed by atoms with Crippen molar-refractivity contribution in [3.05, 3.63) is 35.9 Å². The minimum absolute atomic E-state index is 0.204. The van der Waals surface area contributed by atoms with Crippen LogP contribution in [-0.4, -0.2) is 43.9 Å². The van der Waals surface area contributed by atoms with Crippen molar-refractivity contribution in [2.45, 2.75) is 50.8 Å². The first-order chi connectivity index (χ1) is 14.0. The second-order valence-corrected chi connectivity index (χ2v) is 6.12. The van der Waals surface area contributed by atoms with Crippen molar-refractivity contribution in [3.63, 3.8) is 0 Å². The molecule has 0 heterocycles. The van der Waals surface area contributed by atoms with Gasteiger partial charge in [-0.1, -0.05) is 36.8 Å². The molecule has 0 amide bonds. The Morgan fingerprint density at radius 2 is 1.69 bits per heavy atom. The summed E-state index contributed by atoms with van der Waals surface area (Å²) >= 11 is 0. The van der Waals surface area contributed by atoms with Gasteiger partial charge in [-0.15, -0.1) is 0 Å². The van der Waals surface area contributed by atoms with Crippen LogP contribution < -0.4 is 0 Å². The van der Waals surface area contributed by atoms with Gasteiger partial charge in [0.2, 0.25) is 0 Å². The van der Waals surface area contributed by atoms with Crippen molar-refractivity contribution in [2.24, 2.45) is 0 Å². The monoisotopic (exact) mass is 410 g/mol. The molecule has 0 radical (unpaired) electrons. The Balaban J connectivity index is 2.04. The molecule has 1 aliphatic carbocycles. The molecular formula is C19H22O10. The van der Waals surface area contributed by atoms with Gasteiger partial charge in [0, 0.05) is 0 Å². The number of carbonyl (C=O) groups excluding carboxylic acids is 4. The van der Waals surface area contributed by atoms with E-state index in [0.717, 1.165) is 26.4 Å². The molecule has 1 aliphatic rings. The summed E-state index contributed by atoms with van der Waals surface area (Å²) in [5.74, 6) is -4.60. The van der Waals surface area contributed by atoms with Crippen LogP contribution in [0.4, 0.5) is 9.59 Å². The third kappa shape index (κ3) is 6.66. The van der Waals surface area contributed by atoms with Crippen LogP contribution in [0.1, 0.15) is 37.7 Å². The molecule has 1 atom stereocenters. The molecule has 1 aromatic carbocycles. The van der Waals surface area contributed by atoms with E-state index in [1.54, 1.807) is 30.3 Å². The average Bonchev–Trinajstić information content (AvgIpc) is 2.73. The first kappa shape index (κ1) is 22.0. The van der Waals surface area contributed by atoms with Crippen LogP contribution in [0.5, 0.6) is 0 Å². The molecule has 0 bridgehead atoms. The zero-order chi connectivity index (χ0) is 21.1. The molecule has 10 heteroatoms. The zero-order valence-electron chi connectivity index (χ0n) is 15.9. The van der Waals surface area contributed by atoms with Gasteiger partial charge in [-0.05, 0) is 31.2 Å². The van der Waals surface area contributed by atoms with E-state index in [1.807, 2.05) is 0 Å². The van der Waals surface area contributed by atoms with Gasteiger partial charge in [-0.25, -0.2) is 14.4 Å². The quantitative estimate of drug-likeness (QED) is 0.273. The van der Waals surface area contributed by atoms with Gasteiger partial charge in [-0.3, -0.25) is 4.79 Å². The van der Waals surface area contributed by atoms with Crippen LogP contribution in [0.15, 0.2) is 30.3 Å². The lowest BCUT2D eigenvalue weighted by Crippen LogP contribution is -2.50. The Morgan fingerprint density at radius 3 is 2.31 bits per heavy atom. The van der Waals surface area contributed by atoms with E-state index in [4.69, 9.17) is 18.9 Å². The molecule has 0 aromatic heterocycles. The van der Waals surface area contributed by atoms with Crippen molar-refractivity contribution in [3.8, 4) is 0 Å². The highest BCUT2D eigenvalue weighted by atomic mass is 17.0. The predicted molar refractivity (Wildman–Crippen MR) is 94.0 cm³/mol. The van der Waals surface area contributed by atoms with E-state index in [1.165, 1.54) is 0 Å². The zero-order valence-corrected chi connectivity index (χ0v) is 15.9. The van der Waals surface area contributed by atoms with Gasteiger partial charge >= 0.3 is 24.3 Å². The molecule has 29 heavy (non-hydrogen) atoms. The Bertz CT molecular complexity index is 698. The van der Waals surface area contributed by atoms with Crippen molar-refractivity contribution in [1.29, 1.82) is 0 Å². The van der Waals surface area contributed by atoms with Gasteiger partial charge in [0.1, 0.15) is 12.7 Å². The standard InChI is InChI=1S/C19H22O10/c1-24-16(21)19(26-13-20,29-18(23)27-15-10-6-3-7-11-15)28-17(22)25-12-14-8-4-2-5-9-14/h2,4-5,8-9,13,15H,3,6-7,10-12H2,1H3. The summed E-state index contributed by atoms with van der Waals surface area (Å²) < 4.78 is 28.3. The molecule has 1 saturated carbocycles. The molecule has 10 nitrogen and oxygen atoms in total. The lowest BCUT2D eigenvalue weighted by Gasteiger charge is -2.27. The first-order valence-electron chi connectivity index (χ1n) is 8.98. The lowest BCUT2D eigenvalue weighted by molar-refractivity contribution is -0.309. The molecule has 1 aromatic rings.